The van der Waals surface area contributed by atoms with E-state index >= 15 is 0 Å². The maximum atomic E-state index is 13.7. The maximum absolute atomic E-state index is 13.7. The normalized spacial score (nSPS) is 21.0. The summed E-state index contributed by atoms with van der Waals surface area (Å²) < 4.78 is 27.4. The lowest BCUT2D eigenvalue weighted by Gasteiger charge is -2.40. The van der Waals surface area contributed by atoms with E-state index in [0.29, 0.717) is 11.1 Å². The number of nitrogens with zero attached hydrogens (tertiary/aromatic N) is 3. The monoisotopic (exact) mass is 464 g/mol. The van der Waals surface area contributed by atoms with Crippen LogP contribution in [0.2, 0.25) is 0 Å². The van der Waals surface area contributed by atoms with E-state index in [-0.39, 0.29) is 17.4 Å². The van der Waals surface area contributed by atoms with Crippen molar-refractivity contribution in [2.45, 2.75) is 31.2 Å². The molecule has 0 fully saturated rings. The van der Waals surface area contributed by atoms with Gasteiger partial charge in [-0.15, -0.1) is 11.3 Å². The summed E-state index contributed by atoms with van der Waals surface area (Å²) in [7, 11) is 1.55. The van der Waals surface area contributed by atoms with Crippen molar-refractivity contribution in [2.24, 2.45) is 10.7 Å². The van der Waals surface area contributed by atoms with Gasteiger partial charge < -0.3 is 5.73 Å². The SMILES string of the molecule is CN1C(=O)[C@H](c2ccc(C(C)(F)F)cc2)[C@@](C)(c2cc(-c3cccc(C#N)c3)cs2)N=C1N. The number of guanidine groups is 1. The average molecular weight is 465 g/mol. The van der Waals surface area contributed by atoms with E-state index in [2.05, 4.69) is 6.07 Å². The summed E-state index contributed by atoms with van der Waals surface area (Å²) in [5.41, 5.74) is 7.84. The van der Waals surface area contributed by atoms with Crippen LogP contribution in [0, 0.1) is 11.3 Å². The number of thiophene rings is 1. The van der Waals surface area contributed by atoms with Crippen LogP contribution in [0.3, 0.4) is 0 Å². The van der Waals surface area contributed by atoms with Crippen molar-refractivity contribution >= 4 is 23.2 Å². The molecular formula is C25H22F2N4OS. The molecule has 0 radical (unpaired) electrons. The molecule has 33 heavy (non-hydrogen) atoms. The number of aliphatic imine (C=N–C) groups is 1. The Morgan fingerprint density at radius 1 is 1.18 bits per heavy atom. The van der Waals surface area contributed by atoms with Crippen molar-refractivity contribution in [3.05, 3.63) is 81.5 Å². The van der Waals surface area contributed by atoms with Gasteiger partial charge in [0.05, 0.1) is 17.6 Å². The predicted octanol–water partition coefficient (Wildman–Crippen LogP) is 5.18. The lowest BCUT2D eigenvalue weighted by molar-refractivity contribution is -0.130. The van der Waals surface area contributed by atoms with Gasteiger partial charge >= 0.3 is 0 Å². The molecular weight excluding hydrogens is 442 g/mol. The van der Waals surface area contributed by atoms with E-state index in [1.54, 1.807) is 31.3 Å². The van der Waals surface area contributed by atoms with Crippen molar-refractivity contribution in [3.8, 4) is 17.2 Å². The molecule has 2 aromatic carbocycles. The fraction of sp³-hybridized carbons (Fsp3) is 0.240. The van der Waals surface area contributed by atoms with Crippen LogP contribution in [0.1, 0.15) is 41.3 Å². The largest absolute Gasteiger partial charge is 0.369 e. The average Bonchev–Trinajstić information content (AvgIpc) is 3.29. The molecule has 0 spiro atoms. The highest BCUT2D eigenvalue weighted by molar-refractivity contribution is 7.10. The molecule has 2 heterocycles. The van der Waals surface area contributed by atoms with Crippen molar-refractivity contribution in [1.29, 1.82) is 5.26 Å². The van der Waals surface area contributed by atoms with Crippen LogP contribution in [0.25, 0.3) is 11.1 Å². The van der Waals surface area contributed by atoms with E-state index in [1.165, 1.54) is 28.4 Å². The molecule has 5 nitrogen and oxygen atoms in total. The maximum Gasteiger partial charge on any atom is 0.270 e. The zero-order chi connectivity index (χ0) is 24.0. The molecule has 1 aliphatic rings. The Labute approximate surface area is 194 Å². The predicted molar refractivity (Wildman–Crippen MR) is 125 cm³/mol. The van der Waals surface area contributed by atoms with E-state index in [1.807, 2.05) is 30.5 Å². The Balaban J connectivity index is 1.81. The number of alkyl halides is 2. The number of amides is 1. The second-order valence-corrected chi connectivity index (χ2v) is 9.26. The summed E-state index contributed by atoms with van der Waals surface area (Å²) in [6.45, 7) is 2.67. The summed E-state index contributed by atoms with van der Waals surface area (Å²) in [5, 5.41) is 11.2. The summed E-state index contributed by atoms with van der Waals surface area (Å²) in [6.07, 6.45) is 0. The first kappa shape index (κ1) is 22.6. The van der Waals surface area contributed by atoms with Gasteiger partial charge in [0.2, 0.25) is 5.91 Å². The minimum Gasteiger partial charge on any atom is -0.369 e. The molecule has 1 amide bonds. The minimum atomic E-state index is -2.97. The highest BCUT2D eigenvalue weighted by atomic mass is 32.1. The highest BCUT2D eigenvalue weighted by Crippen LogP contribution is 2.47. The van der Waals surface area contributed by atoms with E-state index < -0.39 is 17.4 Å². The molecule has 0 bridgehead atoms. The van der Waals surface area contributed by atoms with Crippen molar-refractivity contribution in [1.82, 2.24) is 4.90 Å². The van der Waals surface area contributed by atoms with Crippen LogP contribution in [-0.2, 0) is 16.3 Å². The number of likely N-dealkylation sites (N-methyl/N-ethyl adjacent to an activating group) is 1. The van der Waals surface area contributed by atoms with Crippen molar-refractivity contribution < 1.29 is 13.6 Å². The topological polar surface area (TPSA) is 82.5 Å². The molecule has 1 aliphatic heterocycles. The van der Waals surface area contributed by atoms with Crippen LogP contribution in [0.15, 0.2) is 65.0 Å². The van der Waals surface area contributed by atoms with Gasteiger partial charge in [-0.05, 0) is 47.2 Å². The number of nitrogens with two attached hydrogens (primary N) is 1. The molecule has 8 heteroatoms. The Bertz CT molecular complexity index is 1290. The first-order chi connectivity index (χ1) is 15.5. The number of benzene rings is 2. The van der Waals surface area contributed by atoms with Gasteiger partial charge in [0.1, 0.15) is 5.54 Å². The molecule has 0 saturated heterocycles. The van der Waals surface area contributed by atoms with Crippen LogP contribution < -0.4 is 5.73 Å². The first-order valence-electron chi connectivity index (χ1n) is 10.3. The Morgan fingerprint density at radius 2 is 1.88 bits per heavy atom. The zero-order valence-corrected chi connectivity index (χ0v) is 19.2. The third kappa shape index (κ3) is 4.00. The van der Waals surface area contributed by atoms with E-state index in [9.17, 15) is 18.8 Å². The third-order valence-electron chi connectivity index (χ3n) is 6.00. The number of hydrogen-bond donors (Lipinski definition) is 1. The van der Waals surface area contributed by atoms with Gasteiger partial charge in [-0.25, -0.2) is 13.8 Å². The Morgan fingerprint density at radius 3 is 2.52 bits per heavy atom. The fourth-order valence-corrected chi connectivity index (χ4v) is 5.13. The number of nitriles is 1. The van der Waals surface area contributed by atoms with Gasteiger partial charge in [-0.2, -0.15) is 5.26 Å². The summed E-state index contributed by atoms with van der Waals surface area (Å²) >= 11 is 1.44. The van der Waals surface area contributed by atoms with Gasteiger partial charge in [0, 0.05) is 24.4 Å². The Kier molecular flexibility index (Phi) is 5.54. The lowest BCUT2D eigenvalue weighted by atomic mass is 9.77. The van der Waals surface area contributed by atoms with Crippen molar-refractivity contribution in [2.75, 3.05) is 7.05 Å². The summed E-state index contributed by atoms with van der Waals surface area (Å²) in [6, 6.07) is 17.1. The molecule has 2 N–H and O–H groups in total. The van der Waals surface area contributed by atoms with Crippen molar-refractivity contribution in [3.63, 3.8) is 0 Å². The fourth-order valence-electron chi connectivity index (χ4n) is 4.08. The molecule has 0 saturated carbocycles. The standard InChI is InChI=1S/C25H22F2N4OS/c1-24(20-12-18(14-33-20)17-6-4-5-15(11-17)13-28)21(22(32)31(3)23(29)30-24)16-7-9-19(10-8-16)25(2,26)27/h4-12,14,21H,1-3H3,(H2,29,30)/t21-,24+/m0/s1. The van der Waals surface area contributed by atoms with Gasteiger partial charge in [0.15, 0.2) is 5.96 Å². The molecule has 0 unspecified atom stereocenters. The molecule has 2 atom stereocenters. The minimum absolute atomic E-state index is 0.0943. The highest BCUT2D eigenvalue weighted by Gasteiger charge is 2.48. The molecule has 0 aliphatic carbocycles. The number of carbonyl (C=O) groups is 1. The lowest BCUT2D eigenvalue weighted by Crippen LogP contribution is -2.52. The second-order valence-electron chi connectivity index (χ2n) is 8.35. The van der Waals surface area contributed by atoms with Crippen LogP contribution in [0.5, 0.6) is 0 Å². The van der Waals surface area contributed by atoms with Crippen LogP contribution in [0.4, 0.5) is 8.78 Å². The molecule has 1 aromatic heterocycles. The number of carbonyl (C=O) groups excluding carboxylic acids is 1. The summed E-state index contributed by atoms with van der Waals surface area (Å²) in [4.78, 5) is 20.1. The zero-order valence-electron chi connectivity index (χ0n) is 18.3. The van der Waals surface area contributed by atoms with E-state index in [0.717, 1.165) is 22.9 Å². The quantitative estimate of drug-likeness (QED) is 0.577. The van der Waals surface area contributed by atoms with Crippen LogP contribution in [-0.4, -0.2) is 23.8 Å². The molecule has 4 rings (SSSR count). The molecule has 3 aromatic rings. The van der Waals surface area contributed by atoms with Gasteiger partial charge in [-0.1, -0.05) is 36.4 Å². The third-order valence-corrected chi connectivity index (χ3v) is 7.16. The smallest absolute Gasteiger partial charge is 0.270 e. The van der Waals surface area contributed by atoms with E-state index in [4.69, 9.17) is 10.7 Å². The van der Waals surface area contributed by atoms with Gasteiger partial charge in [-0.3, -0.25) is 9.69 Å². The first-order valence-corrected chi connectivity index (χ1v) is 11.1. The molecule has 168 valence electrons. The van der Waals surface area contributed by atoms with Crippen LogP contribution >= 0.6 is 11.3 Å². The Hall–Kier alpha value is -3.57. The number of rotatable bonds is 4. The number of hydrogen-bond acceptors (Lipinski definition) is 5. The summed E-state index contributed by atoms with van der Waals surface area (Å²) in [5.74, 6) is -3.89. The number of halogens is 2. The van der Waals surface area contributed by atoms with Gasteiger partial charge in [0.25, 0.3) is 5.92 Å². The second kappa shape index (κ2) is 8.09.